The predicted octanol–water partition coefficient (Wildman–Crippen LogP) is 3.95. The van der Waals surface area contributed by atoms with Crippen molar-refractivity contribution in [2.45, 2.75) is 46.7 Å². The molecule has 0 radical (unpaired) electrons. The van der Waals surface area contributed by atoms with E-state index in [1.807, 2.05) is 30.6 Å². The molecule has 2 aromatic heterocycles. The van der Waals surface area contributed by atoms with Crippen molar-refractivity contribution in [2.24, 2.45) is 4.99 Å². The standard InChI is InChI=1S/C20H24N4OS/c1-6-9-23-17-8-7-16(13(2)3)11-18(17)26-20(23)21-19(25)12-24-15(5)10-14(4)22-24/h6-8,10-11,13H,1,9,12H2,2-5H3. The number of nitrogens with zero attached hydrogens (tertiary/aromatic N) is 4. The Morgan fingerprint density at radius 1 is 1.35 bits per heavy atom. The Hall–Kier alpha value is -2.47. The summed E-state index contributed by atoms with van der Waals surface area (Å²) in [6, 6.07) is 8.39. The number of allylic oxidation sites excluding steroid dienone is 1. The third-order valence-corrected chi connectivity index (χ3v) is 5.34. The fourth-order valence-electron chi connectivity index (χ4n) is 2.94. The lowest BCUT2D eigenvalue weighted by atomic mass is 10.0. The molecule has 0 aliphatic carbocycles. The predicted molar refractivity (Wildman–Crippen MR) is 106 cm³/mol. The topological polar surface area (TPSA) is 52.2 Å². The summed E-state index contributed by atoms with van der Waals surface area (Å²) in [7, 11) is 0. The fraction of sp³-hybridized carbons (Fsp3) is 0.350. The van der Waals surface area contributed by atoms with E-state index in [2.05, 4.69) is 48.7 Å². The van der Waals surface area contributed by atoms with Crippen molar-refractivity contribution < 1.29 is 4.79 Å². The Bertz CT molecular complexity index is 1040. The summed E-state index contributed by atoms with van der Waals surface area (Å²) in [5.74, 6) is 0.257. The van der Waals surface area contributed by atoms with E-state index in [1.54, 1.807) is 16.0 Å². The Morgan fingerprint density at radius 2 is 2.12 bits per heavy atom. The van der Waals surface area contributed by atoms with Crippen LogP contribution in [-0.2, 0) is 17.9 Å². The second kappa shape index (κ2) is 7.41. The van der Waals surface area contributed by atoms with Crippen LogP contribution in [0.25, 0.3) is 10.2 Å². The number of thiazole rings is 1. The van der Waals surface area contributed by atoms with Gasteiger partial charge in [0.2, 0.25) is 0 Å². The summed E-state index contributed by atoms with van der Waals surface area (Å²) in [5, 5.41) is 4.34. The maximum absolute atomic E-state index is 12.5. The maximum Gasteiger partial charge on any atom is 0.270 e. The molecule has 5 nitrogen and oxygen atoms in total. The summed E-state index contributed by atoms with van der Waals surface area (Å²) in [5.41, 5.74) is 4.23. The first kappa shape index (κ1) is 18.3. The molecule has 0 fully saturated rings. The van der Waals surface area contributed by atoms with Crippen LogP contribution >= 0.6 is 11.3 Å². The summed E-state index contributed by atoms with van der Waals surface area (Å²) in [6.07, 6.45) is 1.83. The van der Waals surface area contributed by atoms with Crippen LogP contribution in [0.3, 0.4) is 0 Å². The summed E-state index contributed by atoms with van der Waals surface area (Å²) >= 11 is 1.54. The first-order valence-corrected chi connectivity index (χ1v) is 9.53. The van der Waals surface area contributed by atoms with E-state index in [0.717, 1.165) is 21.6 Å². The third-order valence-electron chi connectivity index (χ3n) is 4.29. The van der Waals surface area contributed by atoms with Crippen LogP contribution in [0.15, 0.2) is 41.9 Å². The van der Waals surface area contributed by atoms with Crippen LogP contribution in [0.5, 0.6) is 0 Å². The largest absolute Gasteiger partial charge is 0.313 e. The normalized spacial score (nSPS) is 12.3. The molecule has 0 unspecified atom stereocenters. The minimum atomic E-state index is -0.204. The molecule has 3 rings (SSSR count). The Morgan fingerprint density at radius 3 is 2.73 bits per heavy atom. The average molecular weight is 369 g/mol. The highest BCUT2D eigenvalue weighted by molar-refractivity contribution is 7.16. The van der Waals surface area contributed by atoms with Gasteiger partial charge in [0, 0.05) is 12.2 Å². The van der Waals surface area contributed by atoms with Crippen molar-refractivity contribution in [3.63, 3.8) is 0 Å². The zero-order valence-electron chi connectivity index (χ0n) is 15.7. The Labute approximate surface area is 157 Å². The quantitative estimate of drug-likeness (QED) is 0.640. The molecule has 0 atom stereocenters. The van der Waals surface area contributed by atoms with E-state index in [-0.39, 0.29) is 12.5 Å². The fourth-order valence-corrected chi connectivity index (χ4v) is 4.05. The van der Waals surface area contributed by atoms with Gasteiger partial charge in [-0.1, -0.05) is 37.3 Å². The SMILES string of the molecule is C=CCn1c(=NC(=O)Cn2nc(C)cc2C)sc2cc(C(C)C)ccc21. The average Bonchev–Trinajstić information content (AvgIpc) is 3.06. The zero-order chi connectivity index (χ0) is 18.8. The lowest BCUT2D eigenvalue weighted by molar-refractivity contribution is -0.118. The van der Waals surface area contributed by atoms with Gasteiger partial charge in [-0.3, -0.25) is 9.48 Å². The number of carbonyl (C=O) groups excluding carboxylic acids is 1. The molecule has 6 heteroatoms. The van der Waals surface area contributed by atoms with Gasteiger partial charge in [-0.2, -0.15) is 10.1 Å². The summed E-state index contributed by atoms with van der Waals surface area (Å²) in [4.78, 5) is 17.6. The molecular formula is C20H24N4OS. The number of fused-ring (bicyclic) bond motifs is 1. The molecule has 1 amide bonds. The van der Waals surface area contributed by atoms with Crippen LogP contribution in [0, 0.1) is 13.8 Å². The Kier molecular flexibility index (Phi) is 5.23. The minimum Gasteiger partial charge on any atom is -0.313 e. The number of benzene rings is 1. The molecule has 0 spiro atoms. The van der Waals surface area contributed by atoms with Crippen molar-refractivity contribution in [2.75, 3.05) is 0 Å². The number of hydrogen-bond acceptors (Lipinski definition) is 3. The van der Waals surface area contributed by atoms with E-state index < -0.39 is 0 Å². The number of aryl methyl sites for hydroxylation is 2. The highest BCUT2D eigenvalue weighted by Crippen LogP contribution is 2.23. The van der Waals surface area contributed by atoms with Crippen LogP contribution in [-0.4, -0.2) is 20.3 Å². The van der Waals surface area contributed by atoms with Gasteiger partial charge in [-0.05, 0) is 43.5 Å². The van der Waals surface area contributed by atoms with Gasteiger partial charge in [-0.15, -0.1) is 6.58 Å². The zero-order valence-corrected chi connectivity index (χ0v) is 16.5. The van der Waals surface area contributed by atoms with E-state index in [1.165, 1.54) is 5.56 Å². The van der Waals surface area contributed by atoms with Crippen LogP contribution < -0.4 is 4.80 Å². The second-order valence-corrected chi connectivity index (χ2v) is 7.77. The van der Waals surface area contributed by atoms with E-state index >= 15 is 0 Å². The monoisotopic (exact) mass is 368 g/mol. The number of carbonyl (C=O) groups is 1. The van der Waals surface area contributed by atoms with Gasteiger partial charge in [0.25, 0.3) is 5.91 Å². The molecule has 26 heavy (non-hydrogen) atoms. The van der Waals surface area contributed by atoms with E-state index in [4.69, 9.17) is 0 Å². The smallest absolute Gasteiger partial charge is 0.270 e. The highest BCUT2D eigenvalue weighted by atomic mass is 32.1. The van der Waals surface area contributed by atoms with Crippen LogP contribution in [0.2, 0.25) is 0 Å². The summed E-state index contributed by atoms with van der Waals surface area (Å²) in [6.45, 7) is 12.8. The van der Waals surface area contributed by atoms with Crippen molar-refractivity contribution in [1.29, 1.82) is 0 Å². The molecule has 0 bridgehead atoms. The minimum absolute atomic E-state index is 0.152. The lowest BCUT2D eigenvalue weighted by Gasteiger charge is -2.06. The third kappa shape index (κ3) is 3.70. The molecule has 2 heterocycles. The molecule has 0 saturated carbocycles. The molecule has 0 aliphatic rings. The molecule has 0 N–H and O–H groups in total. The molecule has 0 saturated heterocycles. The van der Waals surface area contributed by atoms with Crippen LogP contribution in [0.4, 0.5) is 0 Å². The molecule has 1 aromatic carbocycles. The first-order chi connectivity index (χ1) is 12.4. The second-order valence-electron chi connectivity index (χ2n) is 6.76. The maximum atomic E-state index is 12.5. The first-order valence-electron chi connectivity index (χ1n) is 8.72. The van der Waals surface area contributed by atoms with Crippen molar-refractivity contribution in [3.05, 3.63) is 58.7 Å². The molecular weight excluding hydrogens is 344 g/mol. The Balaban J connectivity index is 2.02. The molecule has 3 aromatic rings. The van der Waals surface area contributed by atoms with Gasteiger partial charge in [0.05, 0.1) is 15.9 Å². The van der Waals surface area contributed by atoms with E-state index in [9.17, 15) is 4.79 Å². The molecule has 0 aliphatic heterocycles. The number of hydrogen-bond donors (Lipinski definition) is 0. The van der Waals surface area contributed by atoms with E-state index in [0.29, 0.717) is 17.3 Å². The van der Waals surface area contributed by atoms with Gasteiger partial charge in [-0.25, -0.2) is 0 Å². The number of aromatic nitrogens is 3. The van der Waals surface area contributed by atoms with Crippen molar-refractivity contribution in [3.8, 4) is 0 Å². The van der Waals surface area contributed by atoms with Gasteiger partial charge >= 0.3 is 0 Å². The van der Waals surface area contributed by atoms with Crippen molar-refractivity contribution in [1.82, 2.24) is 14.3 Å². The number of rotatable bonds is 5. The van der Waals surface area contributed by atoms with Gasteiger partial charge in [0.15, 0.2) is 4.80 Å². The molecule has 136 valence electrons. The number of amides is 1. The van der Waals surface area contributed by atoms with Crippen molar-refractivity contribution >= 4 is 27.5 Å². The van der Waals surface area contributed by atoms with Crippen LogP contribution in [0.1, 0.15) is 36.7 Å². The van der Waals surface area contributed by atoms with Gasteiger partial charge < -0.3 is 4.57 Å². The van der Waals surface area contributed by atoms with Gasteiger partial charge in [0.1, 0.15) is 6.54 Å². The summed E-state index contributed by atoms with van der Waals surface area (Å²) < 4.78 is 4.87. The highest BCUT2D eigenvalue weighted by Gasteiger charge is 2.11. The lowest BCUT2D eigenvalue weighted by Crippen LogP contribution is -2.19.